The molecule has 1 aromatic heterocycles. The average Bonchev–Trinajstić information content (AvgIpc) is 3.20. The van der Waals surface area contributed by atoms with Gasteiger partial charge in [0.25, 0.3) is 0 Å². The molecule has 2 amide bonds. The fourth-order valence-corrected chi connectivity index (χ4v) is 4.44. The van der Waals surface area contributed by atoms with Gasteiger partial charge in [-0.15, -0.1) is 0 Å². The molecule has 4 rings (SSSR count). The van der Waals surface area contributed by atoms with Gasteiger partial charge >= 0.3 is 6.03 Å². The smallest absolute Gasteiger partial charge is 0.317 e. The Labute approximate surface area is 178 Å². The molecule has 1 aliphatic rings. The van der Waals surface area contributed by atoms with Crippen molar-refractivity contribution in [3.05, 3.63) is 47.8 Å². The summed E-state index contributed by atoms with van der Waals surface area (Å²) >= 11 is 1.48. The van der Waals surface area contributed by atoms with Gasteiger partial charge in [-0.25, -0.2) is 14.2 Å². The van der Waals surface area contributed by atoms with Crippen LogP contribution in [0.2, 0.25) is 0 Å². The van der Waals surface area contributed by atoms with Crippen LogP contribution >= 0.6 is 11.3 Å². The van der Waals surface area contributed by atoms with E-state index in [4.69, 9.17) is 9.47 Å². The molecular formula is C21H23FN4O3S. The lowest BCUT2D eigenvalue weighted by Gasteiger charge is -2.34. The minimum Gasteiger partial charge on any atom is -0.493 e. The lowest BCUT2D eigenvalue weighted by molar-refractivity contribution is 0.194. The molecule has 158 valence electrons. The Morgan fingerprint density at radius 3 is 2.60 bits per heavy atom. The predicted molar refractivity (Wildman–Crippen MR) is 115 cm³/mol. The Bertz CT molecular complexity index is 1050. The minimum absolute atomic E-state index is 0.101. The normalized spacial score (nSPS) is 14.1. The number of ether oxygens (including phenoxy) is 2. The summed E-state index contributed by atoms with van der Waals surface area (Å²) in [6, 6.07) is 10.1. The van der Waals surface area contributed by atoms with Gasteiger partial charge in [-0.2, -0.15) is 0 Å². The second kappa shape index (κ2) is 8.74. The highest BCUT2D eigenvalue weighted by Crippen LogP contribution is 2.30. The number of halogens is 1. The molecule has 0 radical (unpaired) electrons. The van der Waals surface area contributed by atoms with Gasteiger partial charge < -0.3 is 24.6 Å². The molecule has 30 heavy (non-hydrogen) atoms. The third-order valence-electron chi connectivity index (χ3n) is 5.07. The molecule has 7 nitrogen and oxygen atoms in total. The molecule has 0 aliphatic carbocycles. The number of hydrogen-bond acceptors (Lipinski definition) is 6. The van der Waals surface area contributed by atoms with Gasteiger partial charge in [0.05, 0.1) is 24.4 Å². The van der Waals surface area contributed by atoms with Gasteiger partial charge in [-0.1, -0.05) is 17.4 Å². The number of fused-ring (bicyclic) bond motifs is 1. The zero-order valence-corrected chi connectivity index (χ0v) is 17.7. The van der Waals surface area contributed by atoms with E-state index < -0.39 is 0 Å². The molecule has 0 unspecified atom stereocenters. The molecule has 1 fully saturated rings. The SMILES string of the molecule is COc1ccc(CNC(=O)N2CCN(c3nc4ccc(F)cc4s3)CC2)cc1OC. The van der Waals surface area contributed by atoms with Crippen LogP contribution in [0.25, 0.3) is 10.2 Å². The maximum absolute atomic E-state index is 13.4. The van der Waals surface area contributed by atoms with Crippen molar-refractivity contribution in [2.75, 3.05) is 45.3 Å². The highest BCUT2D eigenvalue weighted by atomic mass is 32.1. The van der Waals surface area contributed by atoms with Gasteiger partial charge in [0.2, 0.25) is 0 Å². The Hall–Kier alpha value is -3.07. The van der Waals surface area contributed by atoms with Gasteiger partial charge in [0, 0.05) is 32.7 Å². The standard InChI is InChI=1S/C21H23FN4O3S/c1-28-17-6-3-14(11-18(17)29-2)13-23-20(27)25-7-9-26(10-8-25)21-24-16-5-4-15(22)12-19(16)30-21/h3-6,11-12H,7-10,13H2,1-2H3,(H,23,27). The second-order valence-electron chi connectivity index (χ2n) is 6.93. The van der Waals surface area contributed by atoms with Crippen molar-refractivity contribution in [3.8, 4) is 11.5 Å². The highest BCUT2D eigenvalue weighted by Gasteiger charge is 2.23. The molecule has 1 N–H and O–H groups in total. The number of benzene rings is 2. The van der Waals surface area contributed by atoms with E-state index >= 15 is 0 Å². The number of carbonyl (C=O) groups excluding carboxylic acids is 1. The number of methoxy groups -OCH3 is 2. The van der Waals surface area contributed by atoms with E-state index in [1.165, 1.54) is 23.5 Å². The van der Waals surface area contributed by atoms with E-state index in [2.05, 4.69) is 15.2 Å². The number of thiazole rings is 1. The van der Waals surface area contributed by atoms with E-state index in [-0.39, 0.29) is 11.8 Å². The maximum atomic E-state index is 13.4. The van der Waals surface area contributed by atoms with E-state index in [1.54, 1.807) is 25.2 Å². The Morgan fingerprint density at radius 1 is 1.10 bits per heavy atom. The first kappa shape index (κ1) is 20.2. The molecule has 0 atom stereocenters. The molecule has 1 saturated heterocycles. The van der Waals surface area contributed by atoms with Crippen molar-refractivity contribution in [3.63, 3.8) is 0 Å². The monoisotopic (exact) mass is 430 g/mol. The number of anilines is 1. The summed E-state index contributed by atoms with van der Waals surface area (Å²) in [6.45, 7) is 2.98. The lowest BCUT2D eigenvalue weighted by atomic mass is 10.2. The zero-order valence-electron chi connectivity index (χ0n) is 16.9. The summed E-state index contributed by atoms with van der Waals surface area (Å²) in [7, 11) is 3.17. The van der Waals surface area contributed by atoms with Crippen LogP contribution < -0.4 is 19.7 Å². The van der Waals surface area contributed by atoms with E-state index in [0.29, 0.717) is 44.2 Å². The summed E-state index contributed by atoms with van der Waals surface area (Å²) in [5, 5.41) is 3.82. The number of piperazine rings is 1. The molecular weight excluding hydrogens is 407 g/mol. The predicted octanol–water partition coefficient (Wildman–Crippen LogP) is 3.48. The first-order valence-electron chi connectivity index (χ1n) is 9.62. The van der Waals surface area contributed by atoms with Gasteiger partial charge in [-0.05, 0) is 35.9 Å². The number of nitrogens with one attached hydrogen (secondary N) is 1. The molecule has 2 heterocycles. The van der Waals surface area contributed by atoms with E-state index in [1.807, 2.05) is 18.2 Å². The fraction of sp³-hybridized carbons (Fsp3) is 0.333. The average molecular weight is 431 g/mol. The number of urea groups is 1. The summed E-state index contributed by atoms with van der Waals surface area (Å²) in [5.41, 5.74) is 1.73. The van der Waals surface area contributed by atoms with Crippen molar-refractivity contribution in [1.82, 2.24) is 15.2 Å². The summed E-state index contributed by atoms with van der Waals surface area (Å²) in [5.74, 6) is 1.03. The number of amides is 2. The molecule has 0 bridgehead atoms. The van der Waals surface area contributed by atoms with Crippen LogP contribution in [-0.2, 0) is 6.54 Å². The Balaban J connectivity index is 1.31. The van der Waals surface area contributed by atoms with Crippen molar-refractivity contribution in [2.24, 2.45) is 0 Å². The van der Waals surface area contributed by atoms with Crippen LogP contribution in [0.15, 0.2) is 36.4 Å². The quantitative estimate of drug-likeness (QED) is 0.671. The van der Waals surface area contributed by atoms with Gasteiger partial charge in [0.1, 0.15) is 5.82 Å². The van der Waals surface area contributed by atoms with Crippen molar-refractivity contribution < 1.29 is 18.7 Å². The second-order valence-corrected chi connectivity index (χ2v) is 7.94. The molecule has 1 aliphatic heterocycles. The summed E-state index contributed by atoms with van der Waals surface area (Å²) < 4.78 is 24.8. The number of nitrogens with zero attached hydrogens (tertiary/aromatic N) is 3. The highest BCUT2D eigenvalue weighted by molar-refractivity contribution is 7.22. The molecule has 3 aromatic rings. The van der Waals surface area contributed by atoms with Crippen molar-refractivity contribution in [1.29, 1.82) is 0 Å². The molecule has 0 saturated carbocycles. The summed E-state index contributed by atoms with van der Waals surface area (Å²) in [6.07, 6.45) is 0. The van der Waals surface area contributed by atoms with Crippen LogP contribution in [0.4, 0.5) is 14.3 Å². The molecule has 9 heteroatoms. The number of carbonyl (C=O) groups is 1. The van der Waals surface area contributed by atoms with Gasteiger partial charge in [-0.3, -0.25) is 0 Å². The number of rotatable bonds is 5. The van der Waals surface area contributed by atoms with Crippen LogP contribution in [0.1, 0.15) is 5.56 Å². The zero-order chi connectivity index (χ0) is 21.1. The minimum atomic E-state index is -0.256. The molecule has 0 spiro atoms. The van der Waals surface area contributed by atoms with Crippen LogP contribution in [-0.4, -0.2) is 56.3 Å². The number of hydrogen-bond donors (Lipinski definition) is 1. The first-order chi connectivity index (χ1) is 14.6. The van der Waals surface area contributed by atoms with Crippen LogP contribution in [0.5, 0.6) is 11.5 Å². The Kier molecular flexibility index (Phi) is 5.89. The van der Waals surface area contributed by atoms with Gasteiger partial charge in [0.15, 0.2) is 16.6 Å². The third kappa shape index (κ3) is 4.25. The molecule has 2 aromatic carbocycles. The topological polar surface area (TPSA) is 66.9 Å². The lowest BCUT2D eigenvalue weighted by Crippen LogP contribution is -2.51. The maximum Gasteiger partial charge on any atom is 0.317 e. The third-order valence-corrected chi connectivity index (χ3v) is 6.15. The van der Waals surface area contributed by atoms with Crippen molar-refractivity contribution in [2.45, 2.75) is 6.54 Å². The Morgan fingerprint density at radius 2 is 1.87 bits per heavy atom. The first-order valence-corrected chi connectivity index (χ1v) is 10.4. The number of aromatic nitrogens is 1. The van der Waals surface area contributed by atoms with Crippen LogP contribution in [0, 0.1) is 5.82 Å². The van der Waals surface area contributed by atoms with Crippen LogP contribution in [0.3, 0.4) is 0 Å². The fourth-order valence-electron chi connectivity index (χ4n) is 3.40. The van der Waals surface area contributed by atoms with E-state index in [9.17, 15) is 9.18 Å². The summed E-state index contributed by atoms with van der Waals surface area (Å²) in [4.78, 5) is 21.1. The largest absolute Gasteiger partial charge is 0.493 e. The van der Waals surface area contributed by atoms with Crippen molar-refractivity contribution >= 4 is 32.7 Å². The van der Waals surface area contributed by atoms with E-state index in [0.717, 1.165) is 20.9 Å².